The van der Waals surface area contributed by atoms with Gasteiger partial charge in [0.05, 0.1) is 0 Å². The lowest BCUT2D eigenvalue weighted by molar-refractivity contribution is -0.134. The van der Waals surface area contributed by atoms with Gasteiger partial charge in [-0.15, -0.1) is 0 Å². The van der Waals surface area contributed by atoms with Crippen molar-refractivity contribution in [2.24, 2.45) is 0 Å². The van der Waals surface area contributed by atoms with Crippen LogP contribution in [0.5, 0.6) is 5.75 Å². The number of carbonyl (C=O) groups excluding carboxylic acids is 3. The maximum atomic E-state index is 13.4. The monoisotopic (exact) mass is 473 g/mol. The van der Waals surface area contributed by atoms with Gasteiger partial charge in [0.2, 0.25) is 0 Å². The standard InChI is InChI=1S/C27H27N3O5/c1-5-30(23(32)17-28-26(34)35-27(2,3)4)24(19-11-14-22(31)15-12-19)25(33)29-21-13-10-18-8-6-7-9-20(18)16-21/h1,6-16,24,31H,17H2,2-4H3,(H,28,34)(H,29,33). The van der Waals surface area contributed by atoms with Gasteiger partial charge in [-0.3, -0.25) is 14.5 Å². The van der Waals surface area contributed by atoms with Crippen LogP contribution in [0.3, 0.4) is 0 Å². The van der Waals surface area contributed by atoms with Crippen molar-refractivity contribution < 1.29 is 24.2 Å². The van der Waals surface area contributed by atoms with Crippen molar-refractivity contribution in [2.75, 3.05) is 11.9 Å². The molecular weight excluding hydrogens is 446 g/mol. The zero-order valence-electron chi connectivity index (χ0n) is 19.7. The number of hydrogen-bond acceptors (Lipinski definition) is 5. The van der Waals surface area contributed by atoms with E-state index >= 15 is 0 Å². The minimum absolute atomic E-state index is 0.00684. The number of alkyl carbamates (subject to hydrolysis) is 1. The van der Waals surface area contributed by atoms with Crippen LogP contribution in [0.15, 0.2) is 66.7 Å². The van der Waals surface area contributed by atoms with E-state index in [-0.39, 0.29) is 5.75 Å². The largest absolute Gasteiger partial charge is 0.508 e. The summed E-state index contributed by atoms with van der Waals surface area (Å²) in [5.74, 6) is -1.26. The number of phenols is 1. The van der Waals surface area contributed by atoms with Gasteiger partial charge in [0.15, 0.2) is 0 Å². The van der Waals surface area contributed by atoms with Crippen molar-refractivity contribution in [3.63, 3.8) is 0 Å². The molecule has 35 heavy (non-hydrogen) atoms. The molecule has 3 aromatic carbocycles. The molecule has 0 radical (unpaired) electrons. The minimum atomic E-state index is -1.22. The summed E-state index contributed by atoms with van der Waals surface area (Å²) >= 11 is 0. The molecule has 0 saturated carbocycles. The van der Waals surface area contributed by atoms with Crippen molar-refractivity contribution in [1.29, 1.82) is 0 Å². The van der Waals surface area contributed by atoms with Gasteiger partial charge >= 0.3 is 6.09 Å². The molecule has 0 spiro atoms. The highest BCUT2D eigenvalue weighted by molar-refractivity contribution is 6.00. The van der Waals surface area contributed by atoms with Gasteiger partial charge in [0, 0.05) is 11.7 Å². The van der Waals surface area contributed by atoms with Crippen molar-refractivity contribution in [2.45, 2.75) is 32.4 Å². The Kier molecular flexibility index (Phi) is 7.62. The predicted octanol–water partition coefficient (Wildman–Crippen LogP) is 4.17. The molecule has 0 aliphatic heterocycles. The van der Waals surface area contributed by atoms with Crippen LogP contribution in [-0.4, -0.2) is 40.1 Å². The number of fused-ring (bicyclic) bond motifs is 1. The molecule has 8 heteroatoms. The van der Waals surface area contributed by atoms with Gasteiger partial charge in [0.25, 0.3) is 11.8 Å². The quantitative estimate of drug-likeness (QED) is 0.368. The van der Waals surface area contributed by atoms with E-state index in [1.54, 1.807) is 26.8 Å². The smallest absolute Gasteiger partial charge is 0.408 e. The Balaban J connectivity index is 1.85. The van der Waals surface area contributed by atoms with Gasteiger partial charge in [-0.05, 0) is 61.4 Å². The SMILES string of the molecule is C#CN(C(=O)CNC(=O)OC(C)(C)C)C(C(=O)Nc1ccc2ccccc2c1)c1ccc(O)cc1. The molecule has 3 aromatic rings. The number of nitrogens with one attached hydrogen (secondary N) is 2. The third-order valence-electron chi connectivity index (χ3n) is 4.92. The Morgan fingerprint density at radius 2 is 1.69 bits per heavy atom. The van der Waals surface area contributed by atoms with E-state index in [0.717, 1.165) is 15.7 Å². The Bertz CT molecular complexity index is 1270. The lowest BCUT2D eigenvalue weighted by atomic mass is 10.0. The van der Waals surface area contributed by atoms with Crippen LogP contribution >= 0.6 is 0 Å². The number of terminal acetylenes is 1. The molecule has 1 unspecified atom stereocenters. The first kappa shape index (κ1) is 25.1. The molecule has 3 amide bonds. The molecule has 0 bridgehead atoms. The number of anilines is 1. The Hall–Kier alpha value is -4.51. The summed E-state index contributed by atoms with van der Waals surface area (Å²) in [6, 6.07) is 19.9. The summed E-state index contributed by atoms with van der Waals surface area (Å²) < 4.78 is 5.14. The average molecular weight is 474 g/mol. The van der Waals surface area contributed by atoms with Crippen LogP contribution in [0, 0.1) is 12.5 Å². The normalized spacial score (nSPS) is 11.7. The Morgan fingerprint density at radius 3 is 2.31 bits per heavy atom. The topological polar surface area (TPSA) is 108 Å². The molecule has 8 nitrogen and oxygen atoms in total. The maximum absolute atomic E-state index is 13.4. The number of hydrogen-bond donors (Lipinski definition) is 3. The van der Waals surface area contributed by atoms with Crippen molar-refractivity contribution in [1.82, 2.24) is 10.2 Å². The average Bonchev–Trinajstić information content (AvgIpc) is 2.80. The van der Waals surface area contributed by atoms with Gasteiger partial charge in [-0.25, -0.2) is 4.79 Å². The molecule has 0 aliphatic rings. The van der Waals surface area contributed by atoms with Crippen molar-refractivity contribution in [3.05, 3.63) is 72.3 Å². The zero-order valence-corrected chi connectivity index (χ0v) is 19.7. The number of amides is 3. The Morgan fingerprint density at radius 1 is 1.03 bits per heavy atom. The number of nitrogens with zero attached hydrogens (tertiary/aromatic N) is 1. The predicted molar refractivity (Wildman–Crippen MR) is 133 cm³/mol. The first-order valence-electron chi connectivity index (χ1n) is 10.9. The third-order valence-corrected chi connectivity index (χ3v) is 4.92. The summed E-state index contributed by atoms with van der Waals surface area (Å²) in [5.41, 5.74) is 0.159. The number of benzene rings is 3. The molecular formula is C27H27N3O5. The van der Waals surface area contributed by atoms with E-state index in [9.17, 15) is 19.5 Å². The number of phenolic OH excluding ortho intramolecular Hbond substituents is 1. The van der Waals surface area contributed by atoms with Crippen LogP contribution < -0.4 is 10.6 Å². The van der Waals surface area contributed by atoms with E-state index in [1.165, 1.54) is 24.3 Å². The number of aromatic hydroxyl groups is 1. The highest BCUT2D eigenvalue weighted by Crippen LogP contribution is 2.26. The molecule has 0 aliphatic carbocycles. The number of carbonyl (C=O) groups is 3. The molecule has 3 N–H and O–H groups in total. The first-order chi connectivity index (χ1) is 16.6. The second kappa shape index (κ2) is 10.6. The van der Waals surface area contributed by atoms with Crippen molar-refractivity contribution >= 4 is 34.4 Å². The third kappa shape index (κ3) is 6.74. The van der Waals surface area contributed by atoms with E-state index < -0.39 is 36.1 Å². The molecule has 3 rings (SSSR count). The second-order valence-corrected chi connectivity index (χ2v) is 8.79. The van der Waals surface area contributed by atoms with Gasteiger partial charge in [-0.2, -0.15) is 0 Å². The first-order valence-corrected chi connectivity index (χ1v) is 10.9. The van der Waals surface area contributed by atoms with E-state index in [1.807, 2.05) is 36.4 Å². The lowest BCUT2D eigenvalue weighted by Crippen LogP contribution is -2.44. The summed E-state index contributed by atoms with van der Waals surface area (Å²) in [4.78, 5) is 39.2. The minimum Gasteiger partial charge on any atom is -0.508 e. The van der Waals surface area contributed by atoms with Crippen molar-refractivity contribution in [3.8, 4) is 18.2 Å². The zero-order chi connectivity index (χ0) is 25.6. The summed E-state index contributed by atoms with van der Waals surface area (Å²) in [6.45, 7) is 4.61. The van der Waals surface area contributed by atoms with E-state index in [0.29, 0.717) is 11.3 Å². The highest BCUT2D eigenvalue weighted by atomic mass is 16.6. The fourth-order valence-electron chi connectivity index (χ4n) is 3.39. The molecule has 0 saturated heterocycles. The summed E-state index contributed by atoms with van der Waals surface area (Å²) in [7, 11) is 0. The second-order valence-electron chi connectivity index (χ2n) is 8.79. The van der Waals surface area contributed by atoms with Crippen LogP contribution in [0.25, 0.3) is 10.8 Å². The molecule has 0 fully saturated rings. The van der Waals surface area contributed by atoms with Gasteiger partial charge in [-0.1, -0.05) is 48.9 Å². The molecule has 0 aromatic heterocycles. The molecule has 180 valence electrons. The van der Waals surface area contributed by atoms with Crippen LogP contribution in [0.2, 0.25) is 0 Å². The van der Waals surface area contributed by atoms with E-state index in [4.69, 9.17) is 11.2 Å². The molecule has 1 atom stereocenters. The van der Waals surface area contributed by atoms with Crippen LogP contribution in [0.1, 0.15) is 32.4 Å². The van der Waals surface area contributed by atoms with Crippen LogP contribution in [-0.2, 0) is 14.3 Å². The van der Waals surface area contributed by atoms with E-state index in [2.05, 4.69) is 16.7 Å². The summed E-state index contributed by atoms with van der Waals surface area (Å²) in [5, 5.41) is 16.8. The fourth-order valence-corrected chi connectivity index (χ4v) is 3.39. The van der Waals surface area contributed by atoms with Gasteiger partial charge < -0.3 is 20.5 Å². The lowest BCUT2D eigenvalue weighted by Gasteiger charge is -2.27. The Labute approximate surface area is 203 Å². The van der Waals surface area contributed by atoms with Gasteiger partial charge in [0.1, 0.15) is 23.9 Å². The highest BCUT2D eigenvalue weighted by Gasteiger charge is 2.31. The molecule has 0 heterocycles. The van der Waals surface area contributed by atoms with Crippen LogP contribution in [0.4, 0.5) is 10.5 Å². The summed E-state index contributed by atoms with van der Waals surface area (Å²) in [6.07, 6.45) is 4.85. The number of ether oxygens (including phenoxy) is 1. The number of rotatable bonds is 6. The maximum Gasteiger partial charge on any atom is 0.408 e. The fraction of sp³-hybridized carbons (Fsp3) is 0.222.